The van der Waals surface area contributed by atoms with Crippen molar-refractivity contribution in [2.24, 2.45) is 5.10 Å². The largest absolute Gasteiger partial charge is 0.376 e. The molecule has 7 nitrogen and oxygen atoms in total. The lowest BCUT2D eigenvalue weighted by Gasteiger charge is -2.07. The van der Waals surface area contributed by atoms with E-state index in [1.54, 1.807) is 6.92 Å². The Balaban J connectivity index is 1.63. The lowest BCUT2D eigenvalue weighted by molar-refractivity contribution is -0.119. The van der Waals surface area contributed by atoms with Gasteiger partial charge in [-0.1, -0.05) is 36.4 Å². The Labute approximate surface area is 156 Å². The summed E-state index contributed by atoms with van der Waals surface area (Å²) in [5.41, 5.74) is 5.94. The van der Waals surface area contributed by atoms with Gasteiger partial charge in [-0.15, -0.1) is 0 Å². The second-order valence-corrected chi connectivity index (χ2v) is 6.09. The number of carbonyl (C=O) groups excluding carboxylic acids is 1. The molecule has 138 valence electrons. The van der Waals surface area contributed by atoms with E-state index < -0.39 is 0 Å². The predicted molar refractivity (Wildman–Crippen MR) is 107 cm³/mol. The number of nitrogens with zero attached hydrogens (tertiary/aromatic N) is 2. The van der Waals surface area contributed by atoms with E-state index >= 15 is 0 Å². The molecule has 1 heterocycles. The molecule has 0 bridgehead atoms. The van der Waals surface area contributed by atoms with Crippen LogP contribution < -0.4 is 16.3 Å². The van der Waals surface area contributed by atoms with E-state index in [2.05, 4.69) is 20.9 Å². The lowest BCUT2D eigenvalue weighted by Crippen LogP contribution is -2.26. The third kappa shape index (κ3) is 4.33. The average molecular weight is 363 g/mol. The van der Waals surface area contributed by atoms with Crippen LogP contribution in [-0.4, -0.2) is 28.4 Å². The fourth-order valence-electron chi connectivity index (χ4n) is 2.63. The molecule has 1 amide bonds. The molecule has 0 saturated heterocycles. The number of hydrogen-bond acceptors (Lipinski definition) is 4. The number of amides is 1. The average Bonchev–Trinajstić information content (AvgIpc) is 2.96. The molecule has 3 aromatic rings. The number of hydrogen-bond donors (Lipinski definition) is 3. The van der Waals surface area contributed by atoms with E-state index in [1.165, 1.54) is 10.9 Å². The van der Waals surface area contributed by atoms with Crippen LogP contribution in [0.2, 0.25) is 0 Å². The highest BCUT2D eigenvalue weighted by Gasteiger charge is 2.10. The van der Waals surface area contributed by atoms with Gasteiger partial charge in [0.1, 0.15) is 0 Å². The first-order valence-corrected chi connectivity index (χ1v) is 8.54. The Kier molecular flexibility index (Phi) is 5.51. The van der Waals surface area contributed by atoms with Crippen LogP contribution in [0.5, 0.6) is 0 Å². The molecule has 7 heteroatoms. The number of para-hydroxylation sites is 2. The molecule has 0 atom stereocenters. The Morgan fingerprint density at radius 2 is 1.81 bits per heavy atom. The van der Waals surface area contributed by atoms with Gasteiger partial charge in [0, 0.05) is 11.4 Å². The van der Waals surface area contributed by atoms with Gasteiger partial charge in [0.25, 0.3) is 11.5 Å². The Morgan fingerprint density at radius 3 is 2.56 bits per heavy atom. The van der Waals surface area contributed by atoms with Gasteiger partial charge in [0.2, 0.25) is 0 Å². The summed E-state index contributed by atoms with van der Waals surface area (Å²) in [6, 6.07) is 17.0. The standard InChI is InChI=1S/C20H21N5O2/c1-14-8-6-7-11-18(14)21-13-19(26)23-22-12-17-15(2)24-25(20(17)27)16-9-4-3-5-10-16/h3-12,21,24H,13H2,1-2H3,(H,23,26)/b22-12-. The van der Waals surface area contributed by atoms with Crippen LogP contribution in [0.4, 0.5) is 5.69 Å². The van der Waals surface area contributed by atoms with Crippen LogP contribution in [0, 0.1) is 13.8 Å². The van der Waals surface area contributed by atoms with Gasteiger partial charge in [-0.3, -0.25) is 14.7 Å². The molecule has 27 heavy (non-hydrogen) atoms. The van der Waals surface area contributed by atoms with Crippen LogP contribution in [0.3, 0.4) is 0 Å². The molecule has 0 aliphatic carbocycles. The summed E-state index contributed by atoms with van der Waals surface area (Å²) in [6.07, 6.45) is 1.36. The van der Waals surface area contributed by atoms with Gasteiger partial charge in [0.05, 0.1) is 24.0 Å². The number of hydrazone groups is 1. The smallest absolute Gasteiger partial charge is 0.280 e. The van der Waals surface area contributed by atoms with Crippen molar-refractivity contribution in [1.82, 2.24) is 15.2 Å². The van der Waals surface area contributed by atoms with Gasteiger partial charge in [-0.25, -0.2) is 10.1 Å². The summed E-state index contributed by atoms with van der Waals surface area (Å²) in [5.74, 6) is -0.300. The van der Waals surface area contributed by atoms with Crippen LogP contribution in [0.25, 0.3) is 5.69 Å². The minimum absolute atomic E-state index is 0.0859. The number of aromatic nitrogens is 2. The van der Waals surface area contributed by atoms with Crippen molar-refractivity contribution in [1.29, 1.82) is 0 Å². The van der Waals surface area contributed by atoms with Crippen molar-refractivity contribution in [2.75, 3.05) is 11.9 Å². The number of H-pyrrole nitrogens is 1. The second-order valence-electron chi connectivity index (χ2n) is 6.09. The van der Waals surface area contributed by atoms with Gasteiger partial charge in [-0.2, -0.15) is 5.10 Å². The quantitative estimate of drug-likeness (QED) is 0.464. The SMILES string of the molecule is Cc1ccccc1NCC(=O)N/N=C\c1c(C)[nH]n(-c2ccccc2)c1=O. The monoisotopic (exact) mass is 363 g/mol. The van der Waals surface area contributed by atoms with Crippen LogP contribution in [-0.2, 0) is 4.79 Å². The Hall–Kier alpha value is -3.61. The number of aryl methyl sites for hydroxylation is 2. The van der Waals surface area contributed by atoms with Gasteiger partial charge in [-0.05, 0) is 37.6 Å². The molecule has 0 spiro atoms. The summed E-state index contributed by atoms with van der Waals surface area (Å²) in [6.45, 7) is 3.83. The molecule has 3 rings (SSSR count). The molecule has 0 unspecified atom stereocenters. The van der Waals surface area contributed by atoms with E-state index in [-0.39, 0.29) is 18.0 Å². The summed E-state index contributed by atoms with van der Waals surface area (Å²) < 4.78 is 1.44. The third-order valence-corrected chi connectivity index (χ3v) is 4.10. The van der Waals surface area contributed by atoms with Crippen LogP contribution in [0.15, 0.2) is 64.5 Å². The van der Waals surface area contributed by atoms with E-state index in [1.807, 2.05) is 61.5 Å². The van der Waals surface area contributed by atoms with Crippen molar-refractivity contribution in [3.8, 4) is 5.69 Å². The predicted octanol–water partition coefficient (Wildman–Crippen LogP) is 2.34. The molecule has 1 aromatic heterocycles. The molecule has 0 radical (unpaired) electrons. The Morgan fingerprint density at radius 1 is 1.11 bits per heavy atom. The number of aromatic amines is 1. The first kappa shape index (κ1) is 18.2. The lowest BCUT2D eigenvalue weighted by atomic mass is 10.2. The number of rotatable bonds is 6. The highest BCUT2D eigenvalue weighted by Crippen LogP contribution is 2.12. The molecule has 0 fully saturated rings. The first-order valence-electron chi connectivity index (χ1n) is 8.54. The summed E-state index contributed by atoms with van der Waals surface area (Å²) in [7, 11) is 0. The van der Waals surface area contributed by atoms with Gasteiger partial charge in [0.15, 0.2) is 0 Å². The van der Waals surface area contributed by atoms with Crippen molar-refractivity contribution >= 4 is 17.8 Å². The maximum atomic E-state index is 12.5. The summed E-state index contributed by atoms with van der Waals surface area (Å²) in [4.78, 5) is 24.5. The maximum absolute atomic E-state index is 12.5. The highest BCUT2D eigenvalue weighted by molar-refractivity contribution is 5.84. The second kappa shape index (κ2) is 8.18. The summed E-state index contributed by atoms with van der Waals surface area (Å²) in [5, 5.41) is 9.97. The normalized spacial score (nSPS) is 10.9. The zero-order chi connectivity index (χ0) is 19.2. The zero-order valence-electron chi connectivity index (χ0n) is 15.2. The van der Waals surface area contributed by atoms with E-state index in [0.717, 1.165) is 16.9 Å². The minimum Gasteiger partial charge on any atom is -0.376 e. The maximum Gasteiger partial charge on any atom is 0.280 e. The van der Waals surface area contributed by atoms with Crippen molar-refractivity contribution in [3.63, 3.8) is 0 Å². The third-order valence-electron chi connectivity index (χ3n) is 4.10. The van der Waals surface area contributed by atoms with Crippen molar-refractivity contribution in [3.05, 3.63) is 81.8 Å². The van der Waals surface area contributed by atoms with Crippen molar-refractivity contribution < 1.29 is 4.79 Å². The zero-order valence-corrected chi connectivity index (χ0v) is 15.2. The van der Waals surface area contributed by atoms with E-state index in [4.69, 9.17) is 0 Å². The molecule has 3 N–H and O–H groups in total. The number of benzene rings is 2. The highest BCUT2D eigenvalue weighted by atomic mass is 16.2. The number of nitrogens with one attached hydrogen (secondary N) is 3. The molecule has 0 aliphatic rings. The number of anilines is 1. The Bertz CT molecular complexity index is 1020. The molecule has 0 saturated carbocycles. The fourth-order valence-corrected chi connectivity index (χ4v) is 2.63. The molecular weight excluding hydrogens is 342 g/mol. The van der Waals surface area contributed by atoms with E-state index in [9.17, 15) is 9.59 Å². The first-order chi connectivity index (χ1) is 13.1. The molecule has 0 aliphatic heterocycles. The van der Waals surface area contributed by atoms with Gasteiger partial charge < -0.3 is 5.32 Å². The van der Waals surface area contributed by atoms with Crippen molar-refractivity contribution in [2.45, 2.75) is 13.8 Å². The molecular formula is C20H21N5O2. The molecule has 2 aromatic carbocycles. The van der Waals surface area contributed by atoms with E-state index in [0.29, 0.717) is 11.3 Å². The topological polar surface area (TPSA) is 91.3 Å². The fraction of sp³-hybridized carbons (Fsp3) is 0.150. The number of carbonyl (C=O) groups is 1. The summed E-state index contributed by atoms with van der Waals surface area (Å²) >= 11 is 0. The van der Waals surface area contributed by atoms with Crippen LogP contribution in [0.1, 0.15) is 16.8 Å². The minimum atomic E-state index is -0.300. The van der Waals surface area contributed by atoms with Gasteiger partial charge >= 0.3 is 0 Å². The van der Waals surface area contributed by atoms with Crippen LogP contribution >= 0.6 is 0 Å².